The molecule has 1 aromatic heterocycles. The van der Waals surface area contributed by atoms with E-state index in [-0.39, 0.29) is 4.90 Å². The van der Waals surface area contributed by atoms with E-state index in [9.17, 15) is 8.42 Å². The highest BCUT2D eigenvalue weighted by atomic mass is 32.2. The summed E-state index contributed by atoms with van der Waals surface area (Å²) in [5.74, 6) is 0. The first kappa shape index (κ1) is 15.4. The number of sulfonamides is 1. The van der Waals surface area contributed by atoms with Crippen LogP contribution in [0.15, 0.2) is 46.5 Å². The summed E-state index contributed by atoms with van der Waals surface area (Å²) in [4.78, 5) is 1.27. The molecule has 0 aliphatic carbocycles. The smallest absolute Gasteiger partial charge is 0.267 e. The van der Waals surface area contributed by atoms with Gasteiger partial charge in [-0.2, -0.15) is 5.10 Å². The normalized spacial score (nSPS) is 18.8. The first-order chi connectivity index (χ1) is 10.5. The highest BCUT2D eigenvalue weighted by Crippen LogP contribution is 2.39. The van der Waals surface area contributed by atoms with Crippen molar-refractivity contribution in [3.05, 3.63) is 36.7 Å². The molecule has 3 rings (SSSR count). The molecule has 2 aromatic rings. The van der Waals surface area contributed by atoms with Crippen LogP contribution in [0.25, 0.3) is 0 Å². The predicted octanol–water partition coefficient (Wildman–Crippen LogP) is 2.98. The third-order valence-corrected chi connectivity index (χ3v) is 6.73. The number of anilines is 1. The van der Waals surface area contributed by atoms with E-state index in [0.29, 0.717) is 18.3 Å². The minimum absolute atomic E-state index is 0.253. The Kier molecular flexibility index (Phi) is 4.18. The Bertz CT molecular complexity index is 771. The first-order valence-corrected chi connectivity index (χ1v) is 9.65. The third kappa shape index (κ3) is 2.75. The molecule has 1 atom stereocenters. The van der Waals surface area contributed by atoms with Crippen LogP contribution in [0.1, 0.15) is 20.3 Å². The van der Waals surface area contributed by atoms with E-state index in [2.05, 4.69) is 12.0 Å². The summed E-state index contributed by atoms with van der Waals surface area (Å²) in [6.45, 7) is 5.21. The molecule has 0 fully saturated rings. The second-order valence-corrected chi connectivity index (χ2v) is 8.64. The van der Waals surface area contributed by atoms with Crippen molar-refractivity contribution in [3.8, 4) is 0 Å². The topological polar surface area (TPSA) is 55.2 Å². The van der Waals surface area contributed by atoms with Crippen LogP contribution >= 0.6 is 11.8 Å². The lowest BCUT2D eigenvalue weighted by atomic mass is 10.3. The van der Waals surface area contributed by atoms with E-state index < -0.39 is 10.0 Å². The van der Waals surface area contributed by atoms with E-state index in [1.54, 1.807) is 22.6 Å². The van der Waals surface area contributed by atoms with Gasteiger partial charge >= 0.3 is 0 Å². The maximum absolute atomic E-state index is 13.0. The molecule has 2 heterocycles. The Labute approximate surface area is 135 Å². The van der Waals surface area contributed by atoms with Gasteiger partial charge in [-0.25, -0.2) is 8.42 Å². The van der Waals surface area contributed by atoms with Crippen LogP contribution in [0.3, 0.4) is 0 Å². The monoisotopic (exact) mass is 337 g/mol. The fraction of sp³-hybridized carbons (Fsp3) is 0.400. The molecule has 0 spiro atoms. The summed E-state index contributed by atoms with van der Waals surface area (Å²) >= 11 is 1.73. The maximum atomic E-state index is 13.0. The Morgan fingerprint density at radius 2 is 2.14 bits per heavy atom. The van der Waals surface area contributed by atoms with Crippen molar-refractivity contribution < 1.29 is 8.42 Å². The summed E-state index contributed by atoms with van der Waals surface area (Å²) < 4.78 is 29.2. The fourth-order valence-electron chi connectivity index (χ4n) is 2.49. The molecule has 0 amide bonds. The van der Waals surface area contributed by atoms with Gasteiger partial charge in [-0.15, -0.1) is 11.8 Å². The molecule has 1 aliphatic heterocycles. The lowest BCUT2D eigenvalue weighted by Crippen LogP contribution is -2.32. The molecule has 1 aliphatic rings. The molecule has 7 heteroatoms. The SMILES string of the molecule is CCn1cc(S(=O)(=O)N2CC[C@H](C)Sc3ccccc32)cn1. The summed E-state index contributed by atoms with van der Waals surface area (Å²) in [6.07, 6.45) is 3.85. The van der Waals surface area contributed by atoms with E-state index in [0.717, 1.165) is 17.0 Å². The van der Waals surface area contributed by atoms with Gasteiger partial charge in [0.25, 0.3) is 10.0 Å². The number of para-hydroxylation sites is 1. The molecule has 0 bridgehead atoms. The highest BCUT2D eigenvalue weighted by molar-refractivity contribution is 8.00. The van der Waals surface area contributed by atoms with E-state index in [4.69, 9.17) is 0 Å². The van der Waals surface area contributed by atoms with E-state index >= 15 is 0 Å². The van der Waals surface area contributed by atoms with Crippen LogP contribution in [-0.4, -0.2) is 30.0 Å². The predicted molar refractivity (Wildman–Crippen MR) is 88.8 cm³/mol. The van der Waals surface area contributed by atoms with Crippen molar-refractivity contribution >= 4 is 27.5 Å². The molecule has 0 saturated carbocycles. The molecule has 1 aromatic carbocycles. The highest BCUT2D eigenvalue weighted by Gasteiger charge is 2.30. The Hall–Kier alpha value is -1.47. The number of benzene rings is 1. The van der Waals surface area contributed by atoms with Crippen LogP contribution in [-0.2, 0) is 16.6 Å². The number of hydrogen-bond acceptors (Lipinski definition) is 4. The molecule has 0 radical (unpaired) electrons. The number of aryl methyl sites for hydroxylation is 1. The van der Waals surface area contributed by atoms with Crippen molar-refractivity contribution in [1.29, 1.82) is 0 Å². The summed E-state index contributed by atoms with van der Waals surface area (Å²) in [5, 5.41) is 4.48. The largest absolute Gasteiger partial charge is 0.272 e. The lowest BCUT2D eigenvalue weighted by molar-refractivity contribution is 0.588. The van der Waals surface area contributed by atoms with Gasteiger partial charge in [-0.1, -0.05) is 19.1 Å². The molecule has 22 heavy (non-hydrogen) atoms. The second-order valence-electron chi connectivity index (χ2n) is 5.29. The number of nitrogens with zero attached hydrogens (tertiary/aromatic N) is 3. The molecular weight excluding hydrogens is 318 g/mol. The molecule has 0 N–H and O–H groups in total. The first-order valence-electron chi connectivity index (χ1n) is 7.33. The quantitative estimate of drug-likeness (QED) is 0.864. The van der Waals surface area contributed by atoms with Crippen LogP contribution in [0.5, 0.6) is 0 Å². The van der Waals surface area contributed by atoms with Crippen molar-refractivity contribution in [2.75, 3.05) is 10.8 Å². The zero-order valence-electron chi connectivity index (χ0n) is 12.6. The molecule has 118 valence electrons. The van der Waals surface area contributed by atoms with Gasteiger partial charge in [0, 0.05) is 29.4 Å². The van der Waals surface area contributed by atoms with Crippen LogP contribution < -0.4 is 4.31 Å². The van der Waals surface area contributed by atoms with E-state index in [1.807, 2.05) is 31.2 Å². The maximum Gasteiger partial charge on any atom is 0.267 e. The van der Waals surface area contributed by atoms with Gasteiger partial charge in [0.1, 0.15) is 4.90 Å². The Balaban J connectivity index is 2.06. The Morgan fingerprint density at radius 3 is 2.86 bits per heavy atom. The average Bonchev–Trinajstić information content (AvgIpc) is 2.92. The third-order valence-electron chi connectivity index (χ3n) is 3.72. The van der Waals surface area contributed by atoms with Crippen molar-refractivity contribution in [3.63, 3.8) is 0 Å². The number of aromatic nitrogens is 2. The van der Waals surface area contributed by atoms with Crippen molar-refractivity contribution in [2.45, 2.75) is 41.9 Å². The van der Waals surface area contributed by atoms with Gasteiger partial charge in [0.15, 0.2) is 0 Å². The van der Waals surface area contributed by atoms with Gasteiger partial charge in [-0.05, 0) is 25.5 Å². The zero-order chi connectivity index (χ0) is 15.7. The van der Waals surface area contributed by atoms with Gasteiger partial charge in [0.05, 0.1) is 11.9 Å². The van der Waals surface area contributed by atoms with Gasteiger partial charge in [-0.3, -0.25) is 8.99 Å². The zero-order valence-corrected chi connectivity index (χ0v) is 14.3. The number of rotatable bonds is 3. The van der Waals surface area contributed by atoms with Crippen LogP contribution in [0, 0.1) is 0 Å². The van der Waals surface area contributed by atoms with Crippen molar-refractivity contribution in [1.82, 2.24) is 9.78 Å². The minimum Gasteiger partial charge on any atom is -0.272 e. The van der Waals surface area contributed by atoms with Crippen molar-refractivity contribution in [2.24, 2.45) is 0 Å². The van der Waals surface area contributed by atoms with Gasteiger partial charge < -0.3 is 0 Å². The molecular formula is C15H19N3O2S2. The second kappa shape index (κ2) is 5.96. The van der Waals surface area contributed by atoms with Crippen LogP contribution in [0.2, 0.25) is 0 Å². The summed E-state index contributed by atoms with van der Waals surface area (Å²) in [6, 6.07) is 7.69. The molecule has 0 saturated heterocycles. The number of hydrogen-bond donors (Lipinski definition) is 0. The summed E-state index contributed by atoms with van der Waals surface area (Å²) in [5.41, 5.74) is 0.765. The lowest BCUT2D eigenvalue weighted by Gasteiger charge is -2.23. The van der Waals surface area contributed by atoms with E-state index in [1.165, 1.54) is 10.5 Å². The number of fused-ring (bicyclic) bond motifs is 1. The van der Waals surface area contributed by atoms with Gasteiger partial charge in [0.2, 0.25) is 0 Å². The average molecular weight is 337 g/mol. The van der Waals surface area contributed by atoms with Crippen LogP contribution in [0.4, 0.5) is 5.69 Å². The standard InChI is InChI=1S/C15H19N3O2S2/c1-3-17-11-13(10-16-17)22(19,20)18-9-8-12(2)21-15-7-5-4-6-14(15)18/h4-7,10-12H,3,8-9H2,1-2H3/t12-/m0/s1. The summed E-state index contributed by atoms with van der Waals surface area (Å²) in [7, 11) is -3.57. The molecule has 5 nitrogen and oxygen atoms in total. The Morgan fingerprint density at radius 1 is 1.36 bits per heavy atom. The minimum atomic E-state index is -3.57. The number of thioether (sulfide) groups is 1. The molecule has 0 unspecified atom stereocenters. The fourth-order valence-corrected chi connectivity index (χ4v) is 5.11.